The summed E-state index contributed by atoms with van der Waals surface area (Å²) in [6, 6.07) is 4.16. The fourth-order valence-corrected chi connectivity index (χ4v) is 1.66. The fraction of sp³-hybridized carbons (Fsp3) is 0.571. The lowest BCUT2D eigenvalue weighted by atomic mass is 10.1. The first-order valence-corrected chi connectivity index (χ1v) is 6.12. The maximum absolute atomic E-state index is 11.8. The van der Waals surface area contributed by atoms with Crippen LogP contribution >= 0.6 is 0 Å². The van der Waals surface area contributed by atoms with Crippen LogP contribution in [0.2, 0.25) is 0 Å². The minimum Gasteiger partial charge on any atom is -0.346 e. The van der Waals surface area contributed by atoms with Crippen LogP contribution in [0.5, 0.6) is 0 Å². The number of nitrogens with one attached hydrogen (secondary N) is 1. The molecule has 94 valence electrons. The number of rotatable bonds is 3. The van der Waals surface area contributed by atoms with E-state index < -0.39 is 0 Å². The zero-order valence-electron chi connectivity index (χ0n) is 11.5. The molecule has 1 N–H and O–H groups in total. The van der Waals surface area contributed by atoms with Gasteiger partial charge in [0.1, 0.15) is 0 Å². The molecule has 0 aliphatic carbocycles. The third-order valence-electron chi connectivity index (χ3n) is 2.55. The van der Waals surface area contributed by atoms with Gasteiger partial charge >= 0.3 is 0 Å². The summed E-state index contributed by atoms with van der Waals surface area (Å²) < 4.78 is 2.00. The number of amides is 1. The van der Waals surface area contributed by atoms with E-state index in [1.54, 1.807) is 0 Å². The van der Waals surface area contributed by atoms with Crippen molar-refractivity contribution < 1.29 is 9.36 Å². The number of hydrogen-bond donors (Lipinski definition) is 1. The third kappa shape index (κ3) is 4.55. The lowest BCUT2D eigenvalue weighted by molar-refractivity contribution is -0.690. The number of aromatic nitrogens is 1. The molecule has 0 fully saturated rings. The molecule has 0 atom stereocenters. The Morgan fingerprint density at radius 3 is 2.53 bits per heavy atom. The van der Waals surface area contributed by atoms with Gasteiger partial charge in [0.15, 0.2) is 11.9 Å². The van der Waals surface area contributed by atoms with Crippen LogP contribution in [0.25, 0.3) is 0 Å². The molecule has 0 aliphatic rings. The van der Waals surface area contributed by atoms with E-state index >= 15 is 0 Å². The van der Waals surface area contributed by atoms with Gasteiger partial charge in [0.05, 0.1) is 0 Å². The first kappa shape index (κ1) is 13.7. The molecule has 1 aromatic heterocycles. The van der Waals surface area contributed by atoms with Crippen LogP contribution in [0, 0.1) is 6.92 Å². The number of carbonyl (C=O) groups excluding carboxylic acids is 1. The second kappa shape index (κ2) is 5.30. The Morgan fingerprint density at radius 2 is 2.00 bits per heavy atom. The molecule has 0 saturated carbocycles. The maximum atomic E-state index is 11.8. The molecule has 0 aromatic carbocycles. The number of carbonyl (C=O) groups is 1. The average Bonchev–Trinajstić information content (AvgIpc) is 2.18. The van der Waals surface area contributed by atoms with Gasteiger partial charge in [0.25, 0.3) is 5.91 Å². The zero-order valence-corrected chi connectivity index (χ0v) is 11.5. The Bertz CT molecular complexity index is 405. The molecule has 0 bridgehead atoms. The first-order chi connectivity index (χ1) is 7.81. The van der Waals surface area contributed by atoms with Gasteiger partial charge in [0, 0.05) is 24.1 Å². The topological polar surface area (TPSA) is 33.0 Å². The Morgan fingerprint density at radius 1 is 1.35 bits per heavy atom. The van der Waals surface area contributed by atoms with Crippen LogP contribution in [0.3, 0.4) is 0 Å². The van der Waals surface area contributed by atoms with Crippen molar-refractivity contribution in [1.29, 1.82) is 0 Å². The van der Waals surface area contributed by atoms with E-state index in [1.165, 1.54) is 5.56 Å². The predicted molar refractivity (Wildman–Crippen MR) is 68.6 cm³/mol. The number of aryl methyl sites for hydroxylation is 2. The maximum Gasteiger partial charge on any atom is 0.286 e. The van der Waals surface area contributed by atoms with E-state index in [0.29, 0.717) is 6.54 Å². The second-order valence-electron chi connectivity index (χ2n) is 5.46. The van der Waals surface area contributed by atoms with E-state index in [4.69, 9.17) is 0 Å². The summed E-state index contributed by atoms with van der Waals surface area (Å²) in [4.78, 5) is 11.8. The van der Waals surface area contributed by atoms with Gasteiger partial charge in [-0.2, -0.15) is 4.57 Å². The van der Waals surface area contributed by atoms with E-state index in [2.05, 4.69) is 30.6 Å². The molecule has 3 heteroatoms. The van der Waals surface area contributed by atoms with E-state index in [0.717, 1.165) is 12.1 Å². The van der Waals surface area contributed by atoms with Gasteiger partial charge in [-0.05, 0) is 33.3 Å². The van der Waals surface area contributed by atoms with Crippen LogP contribution in [-0.4, -0.2) is 11.4 Å². The fourth-order valence-electron chi connectivity index (χ4n) is 1.66. The van der Waals surface area contributed by atoms with Gasteiger partial charge in [-0.15, -0.1) is 0 Å². The first-order valence-electron chi connectivity index (χ1n) is 6.12. The van der Waals surface area contributed by atoms with Gasteiger partial charge < -0.3 is 5.32 Å². The molecule has 17 heavy (non-hydrogen) atoms. The molecule has 0 aliphatic heterocycles. The Hall–Kier alpha value is -1.38. The average molecular weight is 235 g/mol. The third-order valence-corrected chi connectivity index (χ3v) is 2.55. The zero-order chi connectivity index (χ0) is 13.1. The minimum atomic E-state index is -0.173. The van der Waals surface area contributed by atoms with Crippen LogP contribution < -0.4 is 9.88 Å². The largest absolute Gasteiger partial charge is 0.346 e. The Kier molecular flexibility index (Phi) is 4.27. The summed E-state index contributed by atoms with van der Waals surface area (Å²) in [7, 11) is 0. The van der Waals surface area contributed by atoms with Crippen molar-refractivity contribution in [3.8, 4) is 0 Å². The highest BCUT2D eigenvalue weighted by molar-refractivity contribution is 5.75. The molecule has 0 spiro atoms. The second-order valence-corrected chi connectivity index (χ2v) is 5.46. The summed E-state index contributed by atoms with van der Waals surface area (Å²) in [5.74, 6) is 0.0545. The van der Waals surface area contributed by atoms with Crippen molar-refractivity contribution in [3.63, 3.8) is 0 Å². The van der Waals surface area contributed by atoms with E-state index in [1.807, 2.05) is 32.3 Å². The number of pyridine rings is 1. The molecule has 0 unspecified atom stereocenters. The number of hydrogen-bond acceptors (Lipinski definition) is 1. The summed E-state index contributed by atoms with van der Waals surface area (Å²) in [5.41, 5.74) is 2.18. The molecule has 1 rings (SSSR count). The van der Waals surface area contributed by atoms with Gasteiger partial charge in [-0.25, -0.2) is 0 Å². The van der Waals surface area contributed by atoms with Crippen molar-refractivity contribution in [2.75, 3.05) is 0 Å². The van der Waals surface area contributed by atoms with Crippen LogP contribution in [-0.2, 0) is 17.8 Å². The molecule has 1 aromatic rings. The van der Waals surface area contributed by atoms with Gasteiger partial charge in [-0.3, -0.25) is 4.79 Å². The molecular weight excluding hydrogens is 212 g/mol. The highest BCUT2D eigenvalue weighted by Gasteiger charge is 2.18. The highest BCUT2D eigenvalue weighted by Crippen LogP contribution is 2.00. The van der Waals surface area contributed by atoms with Gasteiger partial charge in [0.2, 0.25) is 6.54 Å². The molecule has 1 heterocycles. The molecule has 0 radical (unpaired) electrons. The van der Waals surface area contributed by atoms with Crippen molar-refractivity contribution >= 4 is 5.91 Å². The predicted octanol–water partition coefficient (Wildman–Crippen LogP) is 1.76. The van der Waals surface area contributed by atoms with Crippen molar-refractivity contribution in [2.45, 2.75) is 53.1 Å². The van der Waals surface area contributed by atoms with Crippen molar-refractivity contribution in [3.05, 3.63) is 29.6 Å². The van der Waals surface area contributed by atoms with Crippen molar-refractivity contribution in [1.82, 2.24) is 5.32 Å². The minimum absolute atomic E-state index is 0.0545. The molecule has 3 nitrogen and oxygen atoms in total. The number of nitrogens with zero attached hydrogens (tertiary/aromatic N) is 1. The Labute approximate surface area is 104 Å². The monoisotopic (exact) mass is 235 g/mol. The highest BCUT2D eigenvalue weighted by atomic mass is 16.2. The molecule has 1 amide bonds. The normalized spacial score (nSPS) is 11.4. The van der Waals surface area contributed by atoms with Crippen LogP contribution in [0.15, 0.2) is 18.3 Å². The summed E-state index contributed by atoms with van der Waals surface area (Å²) in [5, 5.41) is 2.97. The summed E-state index contributed by atoms with van der Waals surface area (Å²) >= 11 is 0. The lowest BCUT2D eigenvalue weighted by Gasteiger charge is -2.19. The quantitative estimate of drug-likeness (QED) is 0.796. The van der Waals surface area contributed by atoms with Gasteiger partial charge in [-0.1, -0.05) is 6.92 Å². The molecular formula is C14H23N2O+. The van der Waals surface area contributed by atoms with Crippen LogP contribution in [0.1, 0.15) is 39.0 Å². The van der Waals surface area contributed by atoms with Crippen molar-refractivity contribution in [2.24, 2.45) is 0 Å². The molecule has 0 saturated heterocycles. The lowest BCUT2D eigenvalue weighted by Crippen LogP contribution is -2.50. The summed E-state index contributed by atoms with van der Waals surface area (Å²) in [6.07, 6.45) is 3.04. The van der Waals surface area contributed by atoms with E-state index in [-0.39, 0.29) is 11.4 Å². The SMILES string of the molecule is CCc1ccc(C)[n+](CC(=O)NC(C)(C)C)c1. The Balaban J connectivity index is 2.77. The smallest absolute Gasteiger partial charge is 0.286 e. The van der Waals surface area contributed by atoms with Crippen LogP contribution in [0.4, 0.5) is 0 Å². The van der Waals surface area contributed by atoms with E-state index in [9.17, 15) is 4.79 Å². The standard InChI is InChI=1S/C14H22N2O/c1-6-12-8-7-11(2)16(9-12)10-13(17)15-14(3,4)5/h7-9H,6,10H2,1-5H3/p+1. The summed E-state index contributed by atoms with van der Waals surface area (Å²) in [6.45, 7) is 10.5.